The van der Waals surface area contributed by atoms with Crippen LogP contribution in [0.15, 0.2) is 53.5 Å². The van der Waals surface area contributed by atoms with Gasteiger partial charge in [0.25, 0.3) is 5.56 Å². The average molecular weight is 353 g/mol. The van der Waals surface area contributed by atoms with Gasteiger partial charge in [0.2, 0.25) is 0 Å². The molecule has 1 aliphatic carbocycles. The van der Waals surface area contributed by atoms with Gasteiger partial charge < -0.3 is 15.2 Å². The van der Waals surface area contributed by atoms with E-state index in [1.165, 1.54) is 31.7 Å². The number of urea groups is 1. The zero-order valence-corrected chi connectivity index (χ0v) is 15.3. The minimum absolute atomic E-state index is 0.00335. The van der Waals surface area contributed by atoms with Crippen LogP contribution < -0.4 is 16.2 Å². The Morgan fingerprint density at radius 1 is 1.15 bits per heavy atom. The molecule has 138 valence electrons. The van der Waals surface area contributed by atoms with Crippen molar-refractivity contribution in [2.45, 2.75) is 51.6 Å². The monoisotopic (exact) mass is 353 g/mol. The number of hydrogen-bond donors (Lipinski definition) is 2. The van der Waals surface area contributed by atoms with Crippen molar-refractivity contribution < 1.29 is 4.79 Å². The van der Waals surface area contributed by atoms with E-state index in [1.54, 1.807) is 16.8 Å². The molecule has 0 aliphatic heterocycles. The number of amides is 2. The molecule has 1 unspecified atom stereocenters. The Bertz CT molecular complexity index is 779. The molecule has 1 heterocycles. The third-order valence-corrected chi connectivity index (χ3v) is 5.13. The molecule has 3 rings (SSSR count). The maximum absolute atomic E-state index is 12.5. The number of pyridine rings is 1. The van der Waals surface area contributed by atoms with Crippen molar-refractivity contribution in [1.82, 2.24) is 9.88 Å². The Kier molecular flexibility index (Phi) is 6.10. The molecule has 2 aromatic rings. The van der Waals surface area contributed by atoms with Crippen LogP contribution in [0.1, 0.15) is 50.6 Å². The lowest BCUT2D eigenvalue weighted by Gasteiger charge is -2.23. The van der Waals surface area contributed by atoms with Gasteiger partial charge in [0.15, 0.2) is 0 Å². The molecular formula is C21H27N3O2. The fourth-order valence-electron chi connectivity index (χ4n) is 3.72. The SMILES string of the molecule is CCn1cc(NC(=O)NC(CC2CCCC2)c2ccccc2)ccc1=O. The molecule has 1 atom stereocenters. The van der Waals surface area contributed by atoms with E-state index in [2.05, 4.69) is 22.8 Å². The molecule has 0 radical (unpaired) electrons. The number of anilines is 1. The number of carbonyl (C=O) groups excluding carboxylic acids is 1. The third-order valence-electron chi connectivity index (χ3n) is 5.13. The van der Waals surface area contributed by atoms with Gasteiger partial charge in [-0.2, -0.15) is 0 Å². The van der Waals surface area contributed by atoms with E-state index < -0.39 is 0 Å². The summed E-state index contributed by atoms with van der Waals surface area (Å²) < 4.78 is 1.57. The van der Waals surface area contributed by atoms with Crippen molar-refractivity contribution in [3.05, 3.63) is 64.6 Å². The van der Waals surface area contributed by atoms with Gasteiger partial charge in [-0.3, -0.25) is 4.79 Å². The Morgan fingerprint density at radius 2 is 1.88 bits per heavy atom. The highest BCUT2D eigenvalue weighted by atomic mass is 16.2. The summed E-state index contributed by atoms with van der Waals surface area (Å²) in [7, 11) is 0. The molecule has 1 aromatic heterocycles. The maximum atomic E-state index is 12.5. The minimum atomic E-state index is -0.238. The summed E-state index contributed by atoms with van der Waals surface area (Å²) in [6.07, 6.45) is 7.71. The zero-order valence-electron chi connectivity index (χ0n) is 15.3. The van der Waals surface area contributed by atoms with Crippen molar-refractivity contribution in [3.63, 3.8) is 0 Å². The molecule has 1 saturated carbocycles. The van der Waals surface area contributed by atoms with Crippen molar-refractivity contribution >= 4 is 11.7 Å². The summed E-state index contributed by atoms with van der Waals surface area (Å²) in [5, 5.41) is 5.98. The van der Waals surface area contributed by atoms with Gasteiger partial charge >= 0.3 is 6.03 Å². The van der Waals surface area contributed by atoms with Crippen molar-refractivity contribution in [2.75, 3.05) is 5.32 Å². The van der Waals surface area contributed by atoms with Crippen LogP contribution in [0, 0.1) is 5.92 Å². The van der Waals surface area contributed by atoms with E-state index in [9.17, 15) is 9.59 Å². The number of rotatable bonds is 6. The normalized spacial score (nSPS) is 15.6. The summed E-state index contributed by atoms with van der Waals surface area (Å²) in [5.41, 5.74) is 1.69. The first kappa shape index (κ1) is 18.2. The molecule has 1 aliphatic rings. The highest BCUT2D eigenvalue weighted by molar-refractivity contribution is 5.89. The minimum Gasteiger partial charge on any atom is -0.331 e. The number of nitrogens with zero attached hydrogens (tertiary/aromatic N) is 1. The van der Waals surface area contributed by atoms with Gasteiger partial charge in [0.05, 0.1) is 11.7 Å². The van der Waals surface area contributed by atoms with Crippen molar-refractivity contribution in [1.29, 1.82) is 0 Å². The first-order chi connectivity index (χ1) is 12.7. The van der Waals surface area contributed by atoms with E-state index in [1.807, 2.05) is 25.1 Å². The van der Waals surface area contributed by atoms with Crippen molar-refractivity contribution in [2.24, 2.45) is 5.92 Å². The first-order valence-corrected chi connectivity index (χ1v) is 9.48. The van der Waals surface area contributed by atoms with Gasteiger partial charge in [-0.25, -0.2) is 4.79 Å². The standard InChI is InChI=1S/C21H27N3O2/c1-2-24-15-18(12-13-20(24)25)22-21(26)23-19(14-16-8-6-7-9-16)17-10-4-3-5-11-17/h3-5,10-13,15-16,19H,2,6-9,14H2,1H3,(H2,22,23,26). The smallest absolute Gasteiger partial charge is 0.319 e. The number of aryl methyl sites for hydroxylation is 1. The van der Waals surface area contributed by atoms with Crippen LogP contribution >= 0.6 is 0 Å². The van der Waals surface area contributed by atoms with Crippen LogP contribution in [0.5, 0.6) is 0 Å². The number of carbonyl (C=O) groups is 1. The van der Waals surface area contributed by atoms with Crippen LogP contribution in [0.4, 0.5) is 10.5 Å². The molecule has 1 fully saturated rings. The van der Waals surface area contributed by atoms with E-state index >= 15 is 0 Å². The van der Waals surface area contributed by atoms with E-state index in [4.69, 9.17) is 0 Å². The molecule has 0 spiro atoms. The molecule has 26 heavy (non-hydrogen) atoms. The molecule has 5 heteroatoms. The van der Waals surface area contributed by atoms with Crippen LogP contribution in [0.25, 0.3) is 0 Å². The molecular weight excluding hydrogens is 326 g/mol. The van der Waals surface area contributed by atoms with E-state index in [-0.39, 0.29) is 17.6 Å². The second kappa shape index (κ2) is 8.70. The van der Waals surface area contributed by atoms with Crippen LogP contribution in [-0.4, -0.2) is 10.6 Å². The highest BCUT2D eigenvalue weighted by Crippen LogP contribution is 2.33. The summed E-state index contributed by atoms with van der Waals surface area (Å²) >= 11 is 0. The predicted octanol–water partition coefficient (Wildman–Crippen LogP) is 4.31. The third kappa shape index (κ3) is 4.75. The number of aromatic nitrogens is 1. The molecule has 0 saturated heterocycles. The average Bonchev–Trinajstić information content (AvgIpc) is 3.16. The zero-order chi connectivity index (χ0) is 18.4. The van der Waals surface area contributed by atoms with Crippen molar-refractivity contribution in [3.8, 4) is 0 Å². The molecule has 0 bridgehead atoms. The Labute approximate surface area is 154 Å². The fourth-order valence-corrected chi connectivity index (χ4v) is 3.72. The van der Waals surface area contributed by atoms with Crippen LogP contribution in [0.3, 0.4) is 0 Å². The maximum Gasteiger partial charge on any atom is 0.319 e. The quantitative estimate of drug-likeness (QED) is 0.813. The van der Waals surface area contributed by atoms with Crippen LogP contribution in [0.2, 0.25) is 0 Å². The molecule has 1 aromatic carbocycles. The number of nitrogens with one attached hydrogen (secondary N) is 2. The second-order valence-corrected chi connectivity index (χ2v) is 6.99. The van der Waals surface area contributed by atoms with Crippen LogP contribution in [-0.2, 0) is 6.54 Å². The topological polar surface area (TPSA) is 63.1 Å². The Balaban J connectivity index is 1.69. The number of benzene rings is 1. The summed E-state index contributed by atoms with van der Waals surface area (Å²) in [6, 6.07) is 13.0. The van der Waals surface area contributed by atoms with Gasteiger partial charge in [-0.1, -0.05) is 56.0 Å². The Morgan fingerprint density at radius 3 is 2.58 bits per heavy atom. The predicted molar refractivity (Wildman–Crippen MR) is 104 cm³/mol. The summed E-state index contributed by atoms with van der Waals surface area (Å²) in [6.45, 7) is 2.47. The first-order valence-electron chi connectivity index (χ1n) is 9.48. The van der Waals surface area contributed by atoms with Gasteiger partial charge in [0, 0.05) is 18.8 Å². The fraction of sp³-hybridized carbons (Fsp3) is 0.429. The molecule has 5 nitrogen and oxygen atoms in total. The Hall–Kier alpha value is -2.56. The van der Waals surface area contributed by atoms with E-state index in [0.717, 1.165) is 12.0 Å². The highest BCUT2D eigenvalue weighted by Gasteiger charge is 2.22. The van der Waals surface area contributed by atoms with Gasteiger partial charge in [0.1, 0.15) is 0 Å². The second-order valence-electron chi connectivity index (χ2n) is 6.99. The lowest BCUT2D eigenvalue weighted by molar-refractivity contribution is 0.246. The molecule has 2 N–H and O–H groups in total. The largest absolute Gasteiger partial charge is 0.331 e. The lowest BCUT2D eigenvalue weighted by atomic mass is 9.93. The molecule has 2 amide bonds. The summed E-state index contributed by atoms with van der Waals surface area (Å²) in [4.78, 5) is 24.2. The summed E-state index contributed by atoms with van der Waals surface area (Å²) in [5.74, 6) is 0.669. The van der Waals surface area contributed by atoms with Gasteiger partial charge in [-0.15, -0.1) is 0 Å². The van der Waals surface area contributed by atoms with E-state index in [0.29, 0.717) is 18.2 Å². The number of hydrogen-bond acceptors (Lipinski definition) is 2. The lowest BCUT2D eigenvalue weighted by Crippen LogP contribution is -2.34. The van der Waals surface area contributed by atoms with Gasteiger partial charge in [-0.05, 0) is 30.9 Å².